The van der Waals surface area contributed by atoms with E-state index in [1.165, 1.54) is 24.8 Å². The van der Waals surface area contributed by atoms with Crippen molar-refractivity contribution in [2.75, 3.05) is 19.6 Å². The standard InChI is InChI=1S/C16H23NO.C3H6O2/c1-13-6-8-15(9-7-13)16(18)14(2)12-17-10-4-3-5-11-17;1-2-3(4)5/h6-9,14H,3-5,10-12H2,1-2H3;2H2,1H3,(H,4,5)/t14-;/m0./s1. The average Bonchev–Trinajstić information content (AvgIpc) is 2.56. The van der Waals surface area contributed by atoms with E-state index in [1.807, 2.05) is 31.2 Å². The fourth-order valence-electron chi connectivity index (χ4n) is 2.61. The zero-order valence-corrected chi connectivity index (χ0v) is 14.5. The third-order valence-electron chi connectivity index (χ3n) is 4.07. The van der Waals surface area contributed by atoms with Crippen molar-refractivity contribution in [2.45, 2.75) is 46.5 Å². The van der Waals surface area contributed by atoms with Gasteiger partial charge in [0, 0.05) is 24.4 Å². The fourth-order valence-corrected chi connectivity index (χ4v) is 2.61. The Bertz CT molecular complexity index is 490. The minimum atomic E-state index is -0.745. The first-order chi connectivity index (χ1) is 10.9. The molecular formula is C19H29NO3. The molecule has 1 fully saturated rings. The van der Waals surface area contributed by atoms with Crippen LogP contribution in [0.4, 0.5) is 0 Å². The molecule has 1 saturated heterocycles. The van der Waals surface area contributed by atoms with Gasteiger partial charge in [0.2, 0.25) is 0 Å². The molecule has 1 heterocycles. The predicted octanol–water partition coefficient (Wildman–Crippen LogP) is 3.78. The van der Waals surface area contributed by atoms with Crippen molar-refractivity contribution in [3.8, 4) is 0 Å². The number of carboxylic acid groups (broad SMARTS) is 1. The highest BCUT2D eigenvalue weighted by Crippen LogP contribution is 2.15. The molecule has 1 atom stereocenters. The van der Waals surface area contributed by atoms with Crippen LogP contribution >= 0.6 is 0 Å². The van der Waals surface area contributed by atoms with Gasteiger partial charge in [-0.3, -0.25) is 9.59 Å². The second-order valence-corrected chi connectivity index (χ2v) is 6.24. The van der Waals surface area contributed by atoms with Gasteiger partial charge in [-0.25, -0.2) is 0 Å². The maximum atomic E-state index is 12.3. The number of hydrogen-bond acceptors (Lipinski definition) is 3. The molecule has 23 heavy (non-hydrogen) atoms. The zero-order chi connectivity index (χ0) is 17.2. The van der Waals surface area contributed by atoms with Crippen LogP contribution in [0.25, 0.3) is 0 Å². The van der Waals surface area contributed by atoms with E-state index in [-0.39, 0.29) is 18.1 Å². The Labute approximate surface area is 139 Å². The van der Waals surface area contributed by atoms with Crippen LogP contribution in [0, 0.1) is 12.8 Å². The van der Waals surface area contributed by atoms with E-state index in [0.717, 1.165) is 25.2 Å². The highest BCUT2D eigenvalue weighted by Gasteiger charge is 2.19. The predicted molar refractivity (Wildman–Crippen MR) is 92.9 cm³/mol. The number of rotatable bonds is 5. The average molecular weight is 319 g/mol. The molecule has 0 aromatic heterocycles. The van der Waals surface area contributed by atoms with Gasteiger partial charge < -0.3 is 10.0 Å². The Morgan fingerprint density at radius 1 is 1.13 bits per heavy atom. The molecule has 128 valence electrons. The molecule has 1 N–H and O–H groups in total. The molecule has 1 aromatic carbocycles. The van der Waals surface area contributed by atoms with Crippen LogP contribution in [-0.2, 0) is 4.79 Å². The van der Waals surface area contributed by atoms with E-state index >= 15 is 0 Å². The normalized spacial score (nSPS) is 16.1. The molecule has 1 aromatic rings. The van der Waals surface area contributed by atoms with Gasteiger partial charge in [0.05, 0.1) is 0 Å². The van der Waals surface area contributed by atoms with Crippen LogP contribution < -0.4 is 0 Å². The lowest BCUT2D eigenvalue weighted by Gasteiger charge is -2.28. The summed E-state index contributed by atoms with van der Waals surface area (Å²) in [7, 11) is 0. The Hall–Kier alpha value is -1.68. The van der Waals surface area contributed by atoms with Crippen molar-refractivity contribution < 1.29 is 14.7 Å². The van der Waals surface area contributed by atoms with Crippen molar-refractivity contribution in [3.63, 3.8) is 0 Å². The summed E-state index contributed by atoms with van der Waals surface area (Å²) in [6, 6.07) is 7.93. The molecule has 1 aliphatic rings. The number of carbonyl (C=O) groups excluding carboxylic acids is 1. The van der Waals surface area contributed by atoms with E-state index in [1.54, 1.807) is 6.92 Å². The molecule has 0 bridgehead atoms. The lowest BCUT2D eigenvalue weighted by atomic mass is 9.97. The van der Waals surface area contributed by atoms with Crippen molar-refractivity contribution in [3.05, 3.63) is 35.4 Å². The van der Waals surface area contributed by atoms with Crippen molar-refractivity contribution >= 4 is 11.8 Å². The topological polar surface area (TPSA) is 57.6 Å². The zero-order valence-electron chi connectivity index (χ0n) is 14.5. The summed E-state index contributed by atoms with van der Waals surface area (Å²) in [6.45, 7) is 8.92. The number of piperidine rings is 1. The molecule has 2 rings (SSSR count). The van der Waals surface area contributed by atoms with Crippen LogP contribution in [0.5, 0.6) is 0 Å². The Morgan fingerprint density at radius 2 is 1.65 bits per heavy atom. The minimum absolute atomic E-state index is 0.103. The molecule has 1 aliphatic heterocycles. The molecule has 0 radical (unpaired) electrons. The van der Waals surface area contributed by atoms with Crippen LogP contribution in [0.2, 0.25) is 0 Å². The van der Waals surface area contributed by atoms with Crippen LogP contribution in [0.3, 0.4) is 0 Å². The lowest BCUT2D eigenvalue weighted by molar-refractivity contribution is -0.136. The van der Waals surface area contributed by atoms with Gasteiger partial charge in [-0.2, -0.15) is 0 Å². The Kier molecular flexibility index (Phi) is 8.56. The number of likely N-dealkylation sites (tertiary alicyclic amines) is 1. The number of Topliss-reactive ketones (excluding diaryl/α,β-unsaturated/α-hetero) is 1. The molecule has 4 heteroatoms. The number of ketones is 1. The number of hydrogen-bond donors (Lipinski definition) is 1. The lowest BCUT2D eigenvalue weighted by Crippen LogP contribution is -2.35. The van der Waals surface area contributed by atoms with E-state index in [4.69, 9.17) is 5.11 Å². The SMILES string of the molecule is CCC(=O)O.Cc1ccc(C(=O)[C@@H](C)CN2CCCCC2)cc1. The van der Waals surface area contributed by atoms with Gasteiger partial charge in [0.15, 0.2) is 5.78 Å². The van der Waals surface area contributed by atoms with Gasteiger partial charge in [-0.15, -0.1) is 0 Å². The number of carbonyl (C=O) groups is 2. The first-order valence-corrected chi connectivity index (χ1v) is 8.49. The largest absolute Gasteiger partial charge is 0.481 e. The quantitative estimate of drug-likeness (QED) is 0.839. The molecule has 0 unspecified atom stereocenters. The third kappa shape index (κ3) is 7.42. The number of aryl methyl sites for hydroxylation is 1. The van der Waals surface area contributed by atoms with Crippen molar-refractivity contribution in [1.82, 2.24) is 4.90 Å². The molecule has 0 amide bonds. The maximum absolute atomic E-state index is 12.3. The van der Waals surface area contributed by atoms with E-state index in [9.17, 15) is 9.59 Å². The second-order valence-electron chi connectivity index (χ2n) is 6.24. The molecular weight excluding hydrogens is 290 g/mol. The minimum Gasteiger partial charge on any atom is -0.481 e. The van der Waals surface area contributed by atoms with E-state index in [2.05, 4.69) is 11.8 Å². The highest BCUT2D eigenvalue weighted by molar-refractivity contribution is 5.97. The summed E-state index contributed by atoms with van der Waals surface area (Å²) in [5.74, 6) is -0.364. The smallest absolute Gasteiger partial charge is 0.303 e. The monoisotopic (exact) mass is 319 g/mol. The van der Waals surface area contributed by atoms with Gasteiger partial charge in [-0.05, 0) is 32.9 Å². The summed E-state index contributed by atoms with van der Waals surface area (Å²) in [5, 5.41) is 7.72. The Balaban J connectivity index is 0.000000463. The van der Waals surface area contributed by atoms with Crippen molar-refractivity contribution in [1.29, 1.82) is 0 Å². The van der Waals surface area contributed by atoms with Crippen LogP contribution in [-0.4, -0.2) is 41.4 Å². The first kappa shape index (κ1) is 19.4. The summed E-state index contributed by atoms with van der Waals surface area (Å²) >= 11 is 0. The van der Waals surface area contributed by atoms with Gasteiger partial charge in [-0.1, -0.05) is 50.1 Å². The van der Waals surface area contributed by atoms with Crippen LogP contribution in [0.1, 0.15) is 55.5 Å². The summed E-state index contributed by atoms with van der Waals surface area (Å²) in [5.41, 5.74) is 2.06. The van der Waals surface area contributed by atoms with Crippen LogP contribution in [0.15, 0.2) is 24.3 Å². The maximum Gasteiger partial charge on any atom is 0.303 e. The van der Waals surface area contributed by atoms with Gasteiger partial charge in [0.25, 0.3) is 0 Å². The number of aliphatic carboxylic acids is 1. The number of benzene rings is 1. The molecule has 0 spiro atoms. The van der Waals surface area contributed by atoms with Gasteiger partial charge in [0.1, 0.15) is 0 Å². The van der Waals surface area contributed by atoms with E-state index in [0.29, 0.717) is 0 Å². The molecule has 0 saturated carbocycles. The summed E-state index contributed by atoms with van der Waals surface area (Å²) in [4.78, 5) is 24.1. The highest BCUT2D eigenvalue weighted by atomic mass is 16.4. The number of carboxylic acids is 1. The number of nitrogens with zero attached hydrogens (tertiary/aromatic N) is 1. The Morgan fingerprint density at radius 3 is 2.13 bits per heavy atom. The van der Waals surface area contributed by atoms with E-state index < -0.39 is 5.97 Å². The first-order valence-electron chi connectivity index (χ1n) is 8.49. The van der Waals surface area contributed by atoms with Gasteiger partial charge >= 0.3 is 5.97 Å². The molecule has 4 nitrogen and oxygen atoms in total. The molecule has 0 aliphatic carbocycles. The fraction of sp³-hybridized carbons (Fsp3) is 0.579. The van der Waals surface area contributed by atoms with Crippen molar-refractivity contribution in [2.24, 2.45) is 5.92 Å². The third-order valence-corrected chi connectivity index (χ3v) is 4.07. The second kappa shape index (κ2) is 10.2. The summed E-state index contributed by atoms with van der Waals surface area (Å²) < 4.78 is 0. The summed E-state index contributed by atoms with van der Waals surface area (Å²) in [6.07, 6.45) is 4.13.